The van der Waals surface area contributed by atoms with Gasteiger partial charge >= 0.3 is 6.18 Å². The van der Waals surface area contributed by atoms with Gasteiger partial charge in [-0.25, -0.2) is 0 Å². The normalized spacial score (nSPS) is 20.7. The van der Waals surface area contributed by atoms with Crippen LogP contribution in [0.1, 0.15) is 29.2 Å². The smallest absolute Gasteiger partial charge is 0.396 e. The third-order valence-electron chi connectivity index (χ3n) is 4.36. The van der Waals surface area contributed by atoms with E-state index in [1.807, 2.05) is 30.3 Å². The van der Waals surface area contributed by atoms with Gasteiger partial charge in [0.1, 0.15) is 0 Å². The third kappa shape index (κ3) is 3.34. The second-order valence-electron chi connectivity index (χ2n) is 5.88. The van der Waals surface area contributed by atoms with Crippen molar-refractivity contribution < 1.29 is 18.3 Å². The van der Waals surface area contributed by atoms with Crippen LogP contribution in [0.5, 0.6) is 0 Å². The largest absolute Gasteiger partial charge is 0.416 e. The summed E-state index contributed by atoms with van der Waals surface area (Å²) in [5.74, 6) is 0.0541. The summed E-state index contributed by atoms with van der Waals surface area (Å²) in [7, 11) is 0. The van der Waals surface area contributed by atoms with Crippen LogP contribution in [0.4, 0.5) is 18.9 Å². The lowest BCUT2D eigenvalue weighted by molar-refractivity contribution is -0.137. The maximum atomic E-state index is 12.9. The van der Waals surface area contributed by atoms with Crippen LogP contribution < -0.4 is 5.32 Å². The second-order valence-corrected chi connectivity index (χ2v) is 5.88. The first-order valence-corrected chi connectivity index (χ1v) is 7.61. The highest BCUT2D eigenvalue weighted by Crippen LogP contribution is 2.40. The Morgan fingerprint density at radius 2 is 1.83 bits per heavy atom. The molecule has 1 heterocycles. The van der Waals surface area contributed by atoms with Gasteiger partial charge in [0.2, 0.25) is 0 Å². The van der Waals surface area contributed by atoms with E-state index < -0.39 is 11.7 Å². The monoisotopic (exact) mass is 321 g/mol. The lowest BCUT2D eigenvalue weighted by Crippen LogP contribution is -2.29. The molecule has 0 fully saturated rings. The number of aliphatic hydroxyl groups is 1. The Morgan fingerprint density at radius 3 is 2.48 bits per heavy atom. The summed E-state index contributed by atoms with van der Waals surface area (Å²) >= 11 is 0. The topological polar surface area (TPSA) is 32.3 Å². The Balaban J connectivity index is 1.95. The first-order chi connectivity index (χ1) is 11.0. The molecule has 23 heavy (non-hydrogen) atoms. The van der Waals surface area contributed by atoms with E-state index >= 15 is 0 Å². The highest BCUT2D eigenvalue weighted by Gasteiger charge is 2.34. The molecule has 2 aromatic carbocycles. The van der Waals surface area contributed by atoms with E-state index in [0.717, 1.165) is 17.3 Å². The first kappa shape index (κ1) is 15.9. The molecule has 0 amide bonds. The number of hydrogen-bond acceptors (Lipinski definition) is 2. The summed E-state index contributed by atoms with van der Waals surface area (Å²) in [6.07, 6.45) is -3.27. The Morgan fingerprint density at radius 1 is 1.09 bits per heavy atom. The van der Waals surface area contributed by atoms with E-state index in [0.29, 0.717) is 18.4 Å². The third-order valence-corrected chi connectivity index (χ3v) is 4.36. The molecule has 2 nitrogen and oxygen atoms in total. The minimum atomic E-state index is -4.34. The minimum Gasteiger partial charge on any atom is -0.396 e. The maximum Gasteiger partial charge on any atom is 0.416 e. The molecule has 0 saturated carbocycles. The standard InChI is InChI=1S/C18H18F3NO/c19-18(20,21)15-6-7-16-14(11-15)10-13(8-9-23)17(22-16)12-4-2-1-3-5-12/h1-7,11,13,17,22-23H,8-10H2/t13-,17?/m1/s1. The van der Waals surface area contributed by atoms with Crippen molar-refractivity contribution in [2.75, 3.05) is 11.9 Å². The van der Waals surface area contributed by atoms with Crippen LogP contribution in [0.25, 0.3) is 0 Å². The number of alkyl halides is 3. The molecule has 2 atom stereocenters. The zero-order valence-electron chi connectivity index (χ0n) is 12.5. The fraction of sp³-hybridized carbons (Fsp3) is 0.333. The molecule has 1 aliphatic rings. The van der Waals surface area contributed by atoms with Crippen molar-refractivity contribution in [1.82, 2.24) is 0 Å². The predicted octanol–water partition coefficient (Wildman–Crippen LogP) is 4.41. The highest BCUT2D eigenvalue weighted by atomic mass is 19.4. The molecule has 1 unspecified atom stereocenters. The molecule has 2 N–H and O–H groups in total. The van der Waals surface area contributed by atoms with E-state index in [9.17, 15) is 18.3 Å². The summed E-state index contributed by atoms with van der Waals surface area (Å²) in [5, 5.41) is 12.7. The number of nitrogens with one attached hydrogen (secondary N) is 1. The molecule has 3 rings (SSSR count). The van der Waals surface area contributed by atoms with Gasteiger partial charge in [0, 0.05) is 12.3 Å². The SMILES string of the molecule is OCC[C@@H]1Cc2cc(C(F)(F)F)ccc2NC1c1ccccc1. The first-order valence-electron chi connectivity index (χ1n) is 7.61. The number of rotatable bonds is 3. The van der Waals surface area contributed by atoms with Crippen LogP contribution >= 0.6 is 0 Å². The van der Waals surface area contributed by atoms with E-state index in [2.05, 4.69) is 5.32 Å². The number of hydrogen-bond donors (Lipinski definition) is 2. The van der Waals surface area contributed by atoms with Crippen molar-refractivity contribution in [2.24, 2.45) is 5.92 Å². The summed E-state index contributed by atoms with van der Waals surface area (Å²) in [6.45, 7) is 0.0178. The fourth-order valence-corrected chi connectivity index (χ4v) is 3.22. The molecule has 2 aromatic rings. The number of aliphatic hydroxyl groups excluding tert-OH is 1. The Labute approximate surface area is 133 Å². The van der Waals surface area contributed by atoms with Gasteiger partial charge < -0.3 is 10.4 Å². The highest BCUT2D eigenvalue weighted by molar-refractivity contribution is 5.57. The van der Waals surface area contributed by atoms with Crippen LogP contribution in [0.3, 0.4) is 0 Å². The fourth-order valence-electron chi connectivity index (χ4n) is 3.22. The summed E-state index contributed by atoms with van der Waals surface area (Å²) in [4.78, 5) is 0. The summed E-state index contributed by atoms with van der Waals surface area (Å²) < 4.78 is 38.7. The van der Waals surface area contributed by atoms with Crippen LogP contribution in [0, 0.1) is 5.92 Å². The molecule has 0 radical (unpaired) electrons. The summed E-state index contributed by atoms with van der Waals surface area (Å²) in [5.41, 5.74) is 1.85. The van der Waals surface area contributed by atoms with Crippen molar-refractivity contribution in [1.29, 1.82) is 0 Å². The average molecular weight is 321 g/mol. The average Bonchev–Trinajstić information content (AvgIpc) is 2.54. The van der Waals surface area contributed by atoms with Crippen LogP contribution in [-0.4, -0.2) is 11.7 Å². The van der Waals surface area contributed by atoms with Gasteiger partial charge in [0.05, 0.1) is 11.6 Å². The van der Waals surface area contributed by atoms with E-state index in [-0.39, 0.29) is 18.6 Å². The van der Waals surface area contributed by atoms with E-state index in [1.165, 1.54) is 12.1 Å². The number of fused-ring (bicyclic) bond motifs is 1. The van der Waals surface area contributed by atoms with Gasteiger partial charge in [-0.05, 0) is 48.1 Å². The molecule has 122 valence electrons. The van der Waals surface area contributed by atoms with Crippen molar-refractivity contribution in [3.05, 3.63) is 65.2 Å². The lowest BCUT2D eigenvalue weighted by Gasteiger charge is -2.35. The quantitative estimate of drug-likeness (QED) is 0.877. The maximum absolute atomic E-state index is 12.9. The Hall–Kier alpha value is -2.01. The predicted molar refractivity (Wildman–Crippen MR) is 83.1 cm³/mol. The number of benzene rings is 2. The van der Waals surface area contributed by atoms with Crippen LogP contribution in [0.2, 0.25) is 0 Å². The van der Waals surface area contributed by atoms with Gasteiger partial charge in [0.15, 0.2) is 0 Å². The number of halogens is 3. The van der Waals surface area contributed by atoms with Gasteiger partial charge in [-0.1, -0.05) is 30.3 Å². The zero-order valence-corrected chi connectivity index (χ0v) is 12.5. The molecule has 0 bridgehead atoms. The van der Waals surface area contributed by atoms with Gasteiger partial charge in [-0.2, -0.15) is 13.2 Å². The van der Waals surface area contributed by atoms with E-state index in [4.69, 9.17) is 0 Å². The zero-order chi connectivity index (χ0) is 16.4. The molecular formula is C18H18F3NO. The lowest BCUT2D eigenvalue weighted by atomic mass is 9.81. The summed E-state index contributed by atoms with van der Waals surface area (Å²) in [6, 6.07) is 13.6. The Kier molecular flexibility index (Phi) is 4.31. The van der Waals surface area contributed by atoms with Crippen LogP contribution in [0.15, 0.2) is 48.5 Å². The molecule has 0 aliphatic carbocycles. The molecule has 1 aliphatic heterocycles. The number of anilines is 1. The van der Waals surface area contributed by atoms with Gasteiger partial charge in [-0.15, -0.1) is 0 Å². The minimum absolute atomic E-state index is 0.00686. The molecule has 0 aromatic heterocycles. The van der Waals surface area contributed by atoms with Crippen molar-refractivity contribution >= 4 is 5.69 Å². The van der Waals surface area contributed by atoms with Crippen molar-refractivity contribution in [3.63, 3.8) is 0 Å². The molecular weight excluding hydrogens is 303 g/mol. The Bertz CT molecular complexity index is 670. The van der Waals surface area contributed by atoms with Crippen LogP contribution in [-0.2, 0) is 12.6 Å². The van der Waals surface area contributed by atoms with Crippen molar-refractivity contribution in [2.45, 2.75) is 25.1 Å². The van der Waals surface area contributed by atoms with E-state index in [1.54, 1.807) is 0 Å². The second kappa shape index (κ2) is 6.24. The van der Waals surface area contributed by atoms with Gasteiger partial charge in [-0.3, -0.25) is 0 Å². The van der Waals surface area contributed by atoms with Gasteiger partial charge in [0.25, 0.3) is 0 Å². The molecule has 0 saturated heterocycles. The molecule has 0 spiro atoms. The molecule has 5 heteroatoms. The van der Waals surface area contributed by atoms with Crippen molar-refractivity contribution in [3.8, 4) is 0 Å².